The molecule has 0 saturated heterocycles. The van der Waals surface area contributed by atoms with Crippen molar-refractivity contribution in [3.63, 3.8) is 0 Å². The van der Waals surface area contributed by atoms with Gasteiger partial charge < -0.3 is 0 Å². The molecule has 0 spiro atoms. The van der Waals surface area contributed by atoms with Gasteiger partial charge in [-0.15, -0.1) is 0 Å². The van der Waals surface area contributed by atoms with Gasteiger partial charge in [0, 0.05) is 0 Å². The fourth-order valence-electron chi connectivity index (χ4n) is 10.1. The summed E-state index contributed by atoms with van der Waals surface area (Å²) in [7, 11) is -4.04. The maximum absolute atomic E-state index is 4.32. The van der Waals surface area contributed by atoms with Crippen LogP contribution in [0.3, 0.4) is 0 Å². The van der Waals surface area contributed by atoms with Gasteiger partial charge in [0.25, 0.3) is 0 Å². The number of allylic oxidation sites excluding steroid dienone is 2. The van der Waals surface area contributed by atoms with E-state index in [9.17, 15) is 0 Å². The summed E-state index contributed by atoms with van der Waals surface area (Å²) in [5, 5.41) is 0. The summed E-state index contributed by atoms with van der Waals surface area (Å²) in [6.45, 7) is 43.6. The van der Waals surface area contributed by atoms with E-state index in [1.807, 2.05) is 0 Å². The molecule has 0 N–H and O–H groups in total. The topological polar surface area (TPSA) is 0 Å². The van der Waals surface area contributed by atoms with Gasteiger partial charge in [-0.05, 0) is 0 Å². The normalized spacial score (nSPS) is 13.0. The van der Waals surface area contributed by atoms with Crippen molar-refractivity contribution in [3.8, 4) is 42.6 Å². The second kappa shape index (κ2) is 29.3. The first-order chi connectivity index (χ1) is 26.4. The van der Waals surface area contributed by atoms with Crippen molar-refractivity contribution in [2.24, 2.45) is 0 Å². The molecule has 0 bridgehead atoms. The van der Waals surface area contributed by atoms with E-state index < -0.39 is 52.9 Å². The molecule has 0 aromatic carbocycles. The molecule has 0 aromatic rings. The summed E-state index contributed by atoms with van der Waals surface area (Å²) in [4.78, 5) is 0. The molecule has 0 aliphatic carbocycles. The molecule has 320 valence electrons. The van der Waals surface area contributed by atoms with E-state index in [-0.39, 0.29) is 0 Å². The van der Waals surface area contributed by atoms with Crippen molar-refractivity contribution in [1.82, 2.24) is 0 Å². The Labute approximate surface area is 365 Å². The molecule has 56 heavy (non-hydrogen) atoms. The summed E-state index contributed by atoms with van der Waals surface area (Å²) in [5.74, 6) is 16.2. The van der Waals surface area contributed by atoms with Crippen LogP contribution in [0, 0.1) is 42.6 Å². The van der Waals surface area contributed by atoms with E-state index in [4.69, 9.17) is 0 Å². The molecule has 0 aliphatic heterocycles. The Bertz CT molecular complexity index is 1190. The van der Waals surface area contributed by atoms with E-state index in [1.54, 1.807) is 0 Å². The van der Waals surface area contributed by atoms with Crippen molar-refractivity contribution in [2.75, 3.05) is 0 Å². The van der Waals surface area contributed by atoms with Crippen LogP contribution in [-0.2, 0) is 0 Å². The molecule has 0 fully saturated rings. The molecular formula is C52H96Si2Sn2. The number of unbranched alkanes of at least 4 members (excludes halogenated alkanes) is 6. The Morgan fingerprint density at radius 2 is 0.536 bits per heavy atom. The average molecular weight is 1010 g/mol. The fourth-order valence-corrected chi connectivity index (χ4v) is 46.8. The summed E-state index contributed by atoms with van der Waals surface area (Å²) in [6, 6.07) is 0. The van der Waals surface area contributed by atoms with Crippen LogP contribution in [0.15, 0.2) is 11.1 Å². The van der Waals surface area contributed by atoms with Crippen LogP contribution in [-0.4, -0.2) is 52.9 Å². The first-order valence-electron chi connectivity index (χ1n) is 24.3. The van der Waals surface area contributed by atoms with Crippen LogP contribution in [0.4, 0.5) is 0 Å². The SMILES string of the molecule is CCC[CH2][Sn]([C]#C/C(C#C[Si](C(C)C)(C(C)C)C(C)C)=C(\C#C[Si](C(C)C)(C(C)C)C(C)C)C#[C][Sn]([CH2]CCC)([CH2]CCC)[CH2]CCC)([CH2]CCC)[CH2]CCC. The Kier molecular flexibility index (Phi) is 29.3. The van der Waals surface area contributed by atoms with Crippen LogP contribution in [0.2, 0.25) is 59.9 Å². The van der Waals surface area contributed by atoms with Gasteiger partial charge in [0.05, 0.1) is 0 Å². The van der Waals surface area contributed by atoms with Crippen LogP contribution < -0.4 is 0 Å². The second-order valence-corrected chi connectivity index (χ2v) is 55.5. The summed E-state index contributed by atoms with van der Waals surface area (Å²) in [5.41, 5.74) is 13.9. The number of hydrogen-bond donors (Lipinski definition) is 0. The molecule has 0 aromatic heterocycles. The van der Waals surface area contributed by atoms with Gasteiger partial charge in [-0.1, -0.05) is 0 Å². The maximum atomic E-state index is 4.32. The monoisotopic (exact) mass is 1020 g/mol. The molecule has 4 heteroatoms. The molecular weight excluding hydrogens is 918 g/mol. The summed E-state index contributed by atoms with van der Waals surface area (Å²) >= 11 is -5.65. The van der Waals surface area contributed by atoms with Gasteiger partial charge in [-0.2, -0.15) is 0 Å². The van der Waals surface area contributed by atoms with E-state index in [0.717, 1.165) is 11.1 Å². The van der Waals surface area contributed by atoms with Crippen LogP contribution in [0.1, 0.15) is 202 Å². The van der Waals surface area contributed by atoms with E-state index >= 15 is 0 Å². The molecule has 0 saturated carbocycles. The molecule has 0 heterocycles. The molecule has 0 amide bonds. The van der Waals surface area contributed by atoms with Gasteiger partial charge in [0.15, 0.2) is 0 Å². The molecule has 0 unspecified atom stereocenters. The minimum absolute atomic E-state index is 0.575. The third kappa shape index (κ3) is 17.2. The molecule has 0 rings (SSSR count). The van der Waals surface area contributed by atoms with Crippen LogP contribution in [0.25, 0.3) is 0 Å². The van der Waals surface area contributed by atoms with Crippen molar-refractivity contribution >= 4 is 52.9 Å². The molecule has 0 nitrogen and oxygen atoms in total. The Balaban J connectivity index is 9.13. The zero-order chi connectivity index (χ0) is 43.0. The molecule has 0 aliphatic rings. The zero-order valence-corrected chi connectivity index (χ0v) is 48.9. The predicted molar refractivity (Wildman–Crippen MR) is 270 cm³/mol. The molecule has 0 radical (unpaired) electrons. The Morgan fingerprint density at radius 3 is 0.696 bits per heavy atom. The van der Waals surface area contributed by atoms with Gasteiger partial charge >= 0.3 is 368 Å². The summed E-state index contributed by atoms with van der Waals surface area (Å²) in [6.07, 6.45) is 15.6. The number of hydrogen-bond acceptors (Lipinski definition) is 0. The quantitative estimate of drug-likeness (QED) is 0.0668. The molecule has 0 atom stereocenters. The standard InChI is InChI=1S/C28H42Si2.6C4H9.2Sn/c1-15-27(17-19-29(21(3)4,22(5)6)23(7)8)28(16-2)18-20-30(24(9)10,25(11)12)26(13)14;6*1-3-4-2;;/h21-26H,3-14H3;6*1,3-4H2,2H3;;/b28-27+;;;;;;;;. The first-order valence-corrected chi connectivity index (χ1v) is 43.7. The van der Waals surface area contributed by atoms with E-state index in [0.29, 0.717) is 33.2 Å². The first kappa shape index (κ1) is 56.0. The van der Waals surface area contributed by atoms with Crippen LogP contribution in [0.5, 0.6) is 0 Å². The van der Waals surface area contributed by atoms with E-state index in [1.165, 1.54) is 104 Å². The summed E-state index contributed by atoms with van der Waals surface area (Å²) < 4.78 is 17.0. The van der Waals surface area contributed by atoms with E-state index in [2.05, 4.69) is 167 Å². The fraction of sp³-hybridized carbons (Fsp3) is 0.808. The second-order valence-electron chi connectivity index (χ2n) is 19.7. The third-order valence-corrected chi connectivity index (χ3v) is 52.5. The van der Waals surface area contributed by atoms with Gasteiger partial charge in [-0.3, -0.25) is 0 Å². The van der Waals surface area contributed by atoms with Crippen LogP contribution >= 0.6 is 0 Å². The van der Waals surface area contributed by atoms with Gasteiger partial charge in [0.2, 0.25) is 0 Å². The van der Waals surface area contributed by atoms with Gasteiger partial charge in [0.1, 0.15) is 0 Å². The zero-order valence-electron chi connectivity index (χ0n) is 41.2. The van der Waals surface area contributed by atoms with Crippen molar-refractivity contribution in [3.05, 3.63) is 11.1 Å². The third-order valence-electron chi connectivity index (χ3n) is 13.7. The predicted octanol–water partition coefficient (Wildman–Crippen LogP) is 17.5. The minimum atomic E-state index is -2.83. The van der Waals surface area contributed by atoms with Crippen molar-refractivity contribution in [1.29, 1.82) is 0 Å². The average Bonchev–Trinajstić information content (AvgIpc) is 3.14. The number of rotatable bonds is 24. The Hall–Kier alpha value is 0.0112. The van der Waals surface area contributed by atoms with Gasteiger partial charge in [-0.25, -0.2) is 0 Å². The van der Waals surface area contributed by atoms with Crippen molar-refractivity contribution < 1.29 is 0 Å². The van der Waals surface area contributed by atoms with Crippen molar-refractivity contribution in [2.45, 2.75) is 262 Å². The Morgan fingerprint density at radius 1 is 0.339 bits per heavy atom.